The van der Waals surface area contributed by atoms with Crippen LogP contribution < -0.4 is 10.1 Å². The van der Waals surface area contributed by atoms with Crippen molar-refractivity contribution < 1.29 is 19.1 Å². The molecule has 0 spiro atoms. The van der Waals surface area contributed by atoms with E-state index in [-0.39, 0.29) is 46.9 Å². The zero-order valence-electron chi connectivity index (χ0n) is 20.2. The van der Waals surface area contributed by atoms with Gasteiger partial charge < -0.3 is 20.4 Å². The molecule has 9 heteroatoms. The summed E-state index contributed by atoms with van der Waals surface area (Å²) in [4.78, 5) is 38.8. The van der Waals surface area contributed by atoms with Gasteiger partial charge in [0.05, 0.1) is 19.1 Å². The molecule has 0 aromatic heterocycles. The van der Waals surface area contributed by atoms with E-state index < -0.39 is 12.0 Å². The van der Waals surface area contributed by atoms with Gasteiger partial charge in [-0.3, -0.25) is 19.8 Å². The number of amidine groups is 1. The first-order chi connectivity index (χ1) is 16.0. The van der Waals surface area contributed by atoms with Crippen molar-refractivity contribution in [1.29, 1.82) is 10.8 Å². The van der Waals surface area contributed by atoms with Gasteiger partial charge in [0.1, 0.15) is 11.6 Å². The van der Waals surface area contributed by atoms with E-state index in [0.717, 1.165) is 33.8 Å². The Morgan fingerprint density at radius 1 is 1.06 bits per heavy atom. The average molecular weight is 485 g/mol. The van der Waals surface area contributed by atoms with Gasteiger partial charge in [0.2, 0.25) is 5.91 Å². The third kappa shape index (κ3) is 7.69. The fraction of sp³-hybridized carbons (Fsp3) is 0.400. The van der Waals surface area contributed by atoms with E-state index in [2.05, 4.69) is 5.32 Å². The Balaban J connectivity index is 2.03. The van der Waals surface area contributed by atoms with Crippen LogP contribution in [0, 0.1) is 10.8 Å². The summed E-state index contributed by atoms with van der Waals surface area (Å²) in [6.07, 6.45) is -0.123. The van der Waals surface area contributed by atoms with Gasteiger partial charge in [0.15, 0.2) is 10.9 Å². The molecule has 0 saturated carbocycles. The number of carbonyl (C=O) groups is 3. The number of thioether (sulfide) groups is 1. The highest BCUT2D eigenvalue weighted by Crippen LogP contribution is 2.28. The first kappa shape index (κ1) is 27.0. The normalized spacial score (nSPS) is 12.5. The Kier molecular flexibility index (Phi) is 9.80. The van der Waals surface area contributed by atoms with Crippen molar-refractivity contribution in [2.45, 2.75) is 38.6 Å². The monoisotopic (exact) mass is 484 g/mol. The second kappa shape index (κ2) is 12.3. The number of amides is 1. The maximum Gasteiger partial charge on any atom is 0.217 e. The Bertz CT molecular complexity index is 1100. The van der Waals surface area contributed by atoms with Crippen LogP contribution in [0.15, 0.2) is 36.4 Å². The molecule has 3 N–H and O–H groups in total. The number of hydrogen-bond acceptors (Lipinski definition) is 7. The minimum absolute atomic E-state index is 0.0580. The predicted molar refractivity (Wildman–Crippen MR) is 137 cm³/mol. The first-order valence-electron chi connectivity index (χ1n) is 10.9. The van der Waals surface area contributed by atoms with E-state index in [1.165, 1.54) is 6.92 Å². The number of nitrogens with zero attached hydrogens (tertiary/aromatic N) is 1. The molecule has 182 valence electrons. The average Bonchev–Trinajstić information content (AvgIpc) is 2.79. The highest BCUT2D eigenvalue weighted by Gasteiger charge is 2.24. The van der Waals surface area contributed by atoms with Crippen molar-refractivity contribution in [3.8, 4) is 5.75 Å². The van der Waals surface area contributed by atoms with Gasteiger partial charge in [-0.2, -0.15) is 0 Å². The van der Waals surface area contributed by atoms with E-state index in [0.29, 0.717) is 0 Å². The lowest BCUT2D eigenvalue weighted by atomic mass is 9.99. The molecular weight excluding hydrogens is 452 g/mol. The van der Waals surface area contributed by atoms with Crippen LogP contribution in [0.4, 0.5) is 0 Å². The summed E-state index contributed by atoms with van der Waals surface area (Å²) in [6, 6.07) is 10.7. The molecule has 0 saturated heterocycles. The second-order valence-electron chi connectivity index (χ2n) is 8.34. The fourth-order valence-electron chi connectivity index (χ4n) is 3.28. The summed E-state index contributed by atoms with van der Waals surface area (Å²) >= 11 is 1.000. The Labute approximate surface area is 204 Å². The lowest BCUT2D eigenvalue weighted by Gasteiger charge is -2.19. The second-order valence-corrected chi connectivity index (χ2v) is 9.37. The summed E-state index contributed by atoms with van der Waals surface area (Å²) in [6.45, 7) is 3.13. The highest BCUT2D eigenvalue weighted by atomic mass is 32.2. The molecule has 0 bridgehead atoms. The molecule has 1 unspecified atom stereocenters. The number of Topliss-reactive ketones (excluding diaryl/α,β-unsaturated/α-hetero) is 1. The summed E-state index contributed by atoms with van der Waals surface area (Å²) in [5.41, 5.74) is 0.957. The van der Waals surface area contributed by atoms with Crippen molar-refractivity contribution >= 4 is 50.9 Å². The lowest BCUT2D eigenvalue weighted by molar-refractivity contribution is -0.125. The van der Waals surface area contributed by atoms with Gasteiger partial charge in [0.25, 0.3) is 0 Å². The highest BCUT2D eigenvalue weighted by molar-refractivity contribution is 8.13. The SMILES string of the molecule is COc1ccc2cc(C(C)C(=O)SC[C@@H](NC(C)=O)C(=O)CC(=N)CC(=N)N(C)C)ccc2c1. The van der Waals surface area contributed by atoms with Gasteiger partial charge in [-0.25, -0.2) is 0 Å². The maximum absolute atomic E-state index is 12.9. The molecule has 2 atom stereocenters. The third-order valence-corrected chi connectivity index (χ3v) is 6.53. The van der Waals surface area contributed by atoms with Crippen LogP contribution in [-0.2, 0) is 14.4 Å². The lowest BCUT2D eigenvalue weighted by Crippen LogP contribution is -2.42. The van der Waals surface area contributed by atoms with E-state index in [9.17, 15) is 14.4 Å². The number of hydrogen-bond donors (Lipinski definition) is 3. The van der Waals surface area contributed by atoms with Gasteiger partial charge in [0, 0.05) is 45.3 Å². The largest absolute Gasteiger partial charge is 0.497 e. The zero-order valence-corrected chi connectivity index (χ0v) is 21.0. The summed E-state index contributed by atoms with van der Waals surface area (Å²) in [7, 11) is 5.02. The number of carbonyl (C=O) groups excluding carboxylic acids is 3. The van der Waals surface area contributed by atoms with E-state index in [4.69, 9.17) is 15.6 Å². The number of nitrogens with one attached hydrogen (secondary N) is 3. The standard InChI is InChI=1S/C25H32N4O4S/c1-15(17-6-7-19-11-21(33-5)9-8-18(19)10-17)25(32)34-14-22(28-16(2)30)23(31)12-20(26)13-24(27)29(3)4/h6-11,15,22,26-27H,12-14H2,1-5H3,(H,28,30)/t15?,22-/m1/s1. The number of ether oxygens (including phenoxy) is 1. The van der Waals surface area contributed by atoms with Gasteiger partial charge >= 0.3 is 0 Å². The molecule has 0 fully saturated rings. The summed E-state index contributed by atoms with van der Waals surface area (Å²) in [5.74, 6) is -0.0498. The Morgan fingerprint density at radius 2 is 1.71 bits per heavy atom. The van der Waals surface area contributed by atoms with Crippen molar-refractivity contribution in [3.63, 3.8) is 0 Å². The molecule has 34 heavy (non-hydrogen) atoms. The van der Waals surface area contributed by atoms with Crippen molar-refractivity contribution in [2.24, 2.45) is 0 Å². The van der Waals surface area contributed by atoms with Crippen molar-refractivity contribution in [3.05, 3.63) is 42.0 Å². The van der Waals surface area contributed by atoms with Crippen LogP contribution in [0.25, 0.3) is 10.8 Å². The van der Waals surface area contributed by atoms with Gasteiger partial charge in [-0.1, -0.05) is 43.0 Å². The van der Waals surface area contributed by atoms with Crippen LogP contribution in [0.3, 0.4) is 0 Å². The summed E-state index contributed by atoms with van der Waals surface area (Å²) < 4.78 is 5.25. The number of fused-ring (bicyclic) bond motifs is 1. The van der Waals surface area contributed by atoms with Gasteiger partial charge in [-0.15, -0.1) is 0 Å². The molecule has 0 aliphatic carbocycles. The number of rotatable bonds is 11. The quantitative estimate of drug-likeness (QED) is 0.331. The van der Waals surface area contributed by atoms with Crippen LogP contribution in [0.1, 0.15) is 38.2 Å². The molecule has 0 radical (unpaired) electrons. The van der Waals surface area contributed by atoms with E-state index >= 15 is 0 Å². The molecule has 1 amide bonds. The Morgan fingerprint density at radius 3 is 2.32 bits per heavy atom. The van der Waals surface area contributed by atoms with Crippen LogP contribution in [0.5, 0.6) is 5.75 Å². The van der Waals surface area contributed by atoms with Crippen molar-refractivity contribution in [1.82, 2.24) is 10.2 Å². The zero-order chi connectivity index (χ0) is 25.4. The molecule has 8 nitrogen and oxygen atoms in total. The van der Waals surface area contributed by atoms with E-state index in [1.54, 1.807) is 26.1 Å². The van der Waals surface area contributed by atoms with Crippen molar-refractivity contribution in [2.75, 3.05) is 27.0 Å². The van der Waals surface area contributed by atoms with Crippen LogP contribution >= 0.6 is 11.8 Å². The van der Waals surface area contributed by atoms with E-state index in [1.807, 2.05) is 43.3 Å². The predicted octanol–water partition coefficient (Wildman–Crippen LogP) is 3.62. The van der Waals surface area contributed by atoms with Crippen LogP contribution in [-0.4, -0.2) is 66.3 Å². The number of methoxy groups -OCH3 is 1. The molecule has 0 aliphatic rings. The topological polar surface area (TPSA) is 123 Å². The fourth-order valence-corrected chi connectivity index (χ4v) is 4.27. The molecule has 2 aromatic carbocycles. The third-order valence-electron chi connectivity index (χ3n) is 5.39. The van der Waals surface area contributed by atoms with Crippen LogP contribution in [0.2, 0.25) is 0 Å². The maximum atomic E-state index is 12.9. The molecule has 0 aliphatic heterocycles. The first-order valence-corrected chi connectivity index (χ1v) is 11.9. The molecule has 2 rings (SSSR count). The molecule has 2 aromatic rings. The number of benzene rings is 2. The Hall–Kier alpha value is -3.20. The molecule has 0 heterocycles. The minimum atomic E-state index is -0.878. The summed E-state index contributed by atoms with van der Waals surface area (Å²) in [5, 5.41) is 20.3. The number of ketones is 1. The smallest absolute Gasteiger partial charge is 0.217 e. The molecular formula is C25H32N4O4S. The minimum Gasteiger partial charge on any atom is -0.497 e. The van der Waals surface area contributed by atoms with Gasteiger partial charge in [-0.05, 0) is 28.5 Å².